The zero-order valence-electron chi connectivity index (χ0n) is 21.6. The topological polar surface area (TPSA) is 97.0 Å². The van der Waals surface area contributed by atoms with Crippen LogP contribution in [-0.2, 0) is 14.3 Å². The molecule has 32 heavy (non-hydrogen) atoms. The Labute approximate surface area is 197 Å². The van der Waals surface area contributed by atoms with E-state index >= 15 is 0 Å². The fourth-order valence-electron chi connectivity index (χ4n) is 3.58. The second-order valence-corrected chi connectivity index (χ2v) is 9.59. The van der Waals surface area contributed by atoms with E-state index in [1.165, 1.54) is 6.42 Å². The zero-order valence-corrected chi connectivity index (χ0v) is 21.6. The van der Waals surface area contributed by atoms with E-state index < -0.39 is 5.97 Å². The Morgan fingerprint density at radius 1 is 0.969 bits per heavy atom. The monoisotopic (exact) mass is 459 g/mol. The molecule has 0 rings (SSSR count). The Morgan fingerprint density at radius 2 is 1.56 bits per heavy atom. The van der Waals surface area contributed by atoms with E-state index in [1.807, 2.05) is 0 Å². The largest absolute Gasteiger partial charge is 0.481 e. The van der Waals surface area contributed by atoms with Crippen LogP contribution in [0.5, 0.6) is 0 Å². The Bertz CT molecular complexity index is 435. The molecule has 4 N–H and O–H groups in total. The average molecular weight is 460 g/mol. The van der Waals surface area contributed by atoms with Crippen molar-refractivity contribution in [2.75, 3.05) is 59.2 Å². The molecule has 0 aliphatic carbocycles. The Kier molecular flexibility index (Phi) is 20.4. The van der Waals surface area contributed by atoms with Gasteiger partial charge in [-0.3, -0.25) is 4.79 Å². The van der Waals surface area contributed by atoms with Crippen molar-refractivity contribution in [3.63, 3.8) is 0 Å². The highest BCUT2D eigenvalue weighted by molar-refractivity contribution is 5.70. The molecule has 0 spiro atoms. The Balaban J connectivity index is 4.29. The van der Waals surface area contributed by atoms with Gasteiger partial charge in [-0.2, -0.15) is 0 Å². The van der Waals surface area contributed by atoms with Crippen LogP contribution in [0.3, 0.4) is 0 Å². The normalized spacial score (nSPS) is 13.9. The molecule has 0 aromatic rings. The molecule has 0 heterocycles. The lowest BCUT2D eigenvalue weighted by Gasteiger charge is -2.30. The van der Waals surface area contributed by atoms with Crippen LogP contribution < -0.4 is 11.1 Å². The molecule has 0 aromatic heterocycles. The van der Waals surface area contributed by atoms with Gasteiger partial charge in [0.25, 0.3) is 0 Å². The minimum Gasteiger partial charge on any atom is -0.481 e. The molecular formula is C25H53N3O4. The molecule has 2 atom stereocenters. The van der Waals surface area contributed by atoms with Crippen molar-refractivity contribution in [3.8, 4) is 0 Å². The molecule has 0 saturated heterocycles. The minimum absolute atomic E-state index is 0.266. The third-order valence-corrected chi connectivity index (χ3v) is 5.85. The predicted octanol–water partition coefficient (Wildman–Crippen LogP) is 3.61. The van der Waals surface area contributed by atoms with Crippen LogP contribution in [0.15, 0.2) is 0 Å². The van der Waals surface area contributed by atoms with Crippen molar-refractivity contribution in [2.24, 2.45) is 23.5 Å². The van der Waals surface area contributed by atoms with Gasteiger partial charge in [-0.15, -0.1) is 0 Å². The Hall–Kier alpha value is -0.730. The van der Waals surface area contributed by atoms with Gasteiger partial charge in [0.15, 0.2) is 0 Å². The van der Waals surface area contributed by atoms with Gasteiger partial charge in [-0.25, -0.2) is 0 Å². The number of aliphatic carboxylic acids is 1. The van der Waals surface area contributed by atoms with E-state index in [0.717, 1.165) is 65.1 Å². The lowest BCUT2D eigenvalue weighted by atomic mass is 10.00. The number of hydrogen-bond acceptors (Lipinski definition) is 6. The van der Waals surface area contributed by atoms with Crippen molar-refractivity contribution in [1.29, 1.82) is 0 Å². The molecule has 0 bridgehead atoms. The van der Waals surface area contributed by atoms with Gasteiger partial charge in [-0.05, 0) is 63.5 Å². The third-order valence-electron chi connectivity index (χ3n) is 5.85. The summed E-state index contributed by atoms with van der Waals surface area (Å²) in [6.45, 7) is 18.0. The number of carboxylic acid groups (broad SMARTS) is 1. The van der Waals surface area contributed by atoms with Gasteiger partial charge >= 0.3 is 5.97 Å². The van der Waals surface area contributed by atoms with Crippen LogP contribution in [-0.4, -0.2) is 81.2 Å². The van der Waals surface area contributed by atoms with Crippen molar-refractivity contribution in [3.05, 3.63) is 0 Å². The summed E-state index contributed by atoms with van der Waals surface area (Å²) < 4.78 is 11.3. The van der Waals surface area contributed by atoms with E-state index in [1.54, 1.807) is 0 Å². The van der Waals surface area contributed by atoms with Gasteiger partial charge in [0.05, 0.1) is 5.92 Å². The number of nitrogens with two attached hydrogens (primary N) is 1. The maximum Gasteiger partial charge on any atom is 0.307 e. The van der Waals surface area contributed by atoms with Crippen LogP contribution in [0, 0.1) is 17.8 Å². The third kappa shape index (κ3) is 17.8. The summed E-state index contributed by atoms with van der Waals surface area (Å²) >= 11 is 0. The molecule has 0 aromatic carbocycles. The lowest BCUT2D eigenvalue weighted by Crippen LogP contribution is -2.47. The molecule has 192 valence electrons. The number of likely N-dealkylation sites (N-methyl/N-ethyl adjacent to an activating group) is 1. The second kappa shape index (κ2) is 20.8. The zero-order chi connectivity index (χ0) is 24.2. The standard InChI is InChI=1S/C25H53N3O4/c1-6-28(14-10-18-32-17-9-13-26)20-24(22(4)5)27-19-23(25(29)30)12-8-16-31-15-7-11-21(2)3/h21-24,27H,6-20,26H2,1-5H3,(H,29,30). The number of nitrogens with zero attached hydrogens (tertiary/aromatic N) is 1. The smallest absolute Gasteiger partial charge is 0.307 e. The number of carboxylic acids is 1. The number of rotatable bonds is 23. The van der Waals surface area contributed by atoms with Crippen LogP contribution in [0.2, 0.25) is 0 Å². The highest BCUT2D eigenvalue weighted by Gasteiger charge is 2.22. The number of ether oxygens (including phenoxy) is 2. The summed E-state index contributed by atoms with van der Waals surface area (Å²) in [5.74, 6) is 0.0418. The summed E-state index contributed by atoms with van der Waals surface area (Å²) in [7, 11) is 0. The summed E-state index contributed by atoms with van der Waals surface area (Å²) in [6.07, 6.45) is 5.59. The van der Waals surface area contributed by atoms with Gasteiger partial charge in [0.2, 0.25) is 0 Å². The Morgan fingerprint density at radius 3 is 2.09 bits per heavy atom. The van der Waals surface area contributed by atoms with Gasteiger partial charge < -0.3 is 30.5 Å². The van der Waals surface area contributed by atoms with E-state index in [0.29, 0.717) is 38.0 Å². The molecule has 0 radical (unpaired) electrons. The molecule has 7 nitrogen and oxygen atoms in total. The molecule has 7 heteroatoms. The van der Waals surface area contributed by atoms with E-state index in [-0.39, 0.29) is 12.0 Å². The van der Waals surface area contributed by atoms with Gasteiger partial charge in [-0.1, -0.05) is 34.6 Å². The quantitative estimate of drug-likeness (QED) is 0.201. The summed E-state index contributed by atoms with van der Waals surface area (Å²) in [5.41, 5.74) is 5.49. The van der Waals surface area contributed by atoms with Crippen LogP contribution in [0.1, 0.15) is 73.1 Å². The molecule has 0 aliphatic heterocycles. The predicted molar refractivity (Wildman–Crippen MR) is 133 cm³/mol. The van der Waals surface area contributed by atoms with E-state index in [9.17, 15) is 9.90 Å². The molecule has 0 aliphatic rings. The van der Waals surface area contributed by atoms with Crippen molar-refractivity contribution in [2.45, 2.75) is 79.2 Å². The number of nitrogens with one attached hydrogen (secondary N) is 1. The van der Waals surface area contributed by atoms with Crippen molar-refractivity contribution < 1.29 is 19.4 Å². The fraction of sp³-hybridized carbons (Fsp3) is 0.960. The summed E-state index contributed by atoms with van der Waals surface area (Å²) in [5, 5.41) is 13.2. The lowest BCUT2D eigenvalue weighted by molar-refractivity contribution is -0.142. The van der Waals surface area contributed by atoms with Gasteiger partial charge in [0, 0.05) is 52.1 Å². The highest BCUT2D eigenvalue weighted by Crippen LogP contribution is 2.11. The first-order chi connectivity index (χ1) is 15.3. The highest BCUT2D eigenvalue weighted by atomic mass is 16.5. The minimum atomic E-state index is -0.721. The average Bonchev–Trinajstić information content (AvgIpc) is 2.74. The van der Waals surface area contributed by atoms with Crippen molar-refractivity contribution in [1.82, 2.24) is 10.2 Å². The maximum absolute atomic E-state index is 11.7. The van der Waals surface area contributed by atoms with Crippen molar-refractivity contribution >= 4 is 5.97 Å². The SMILES string of the molecule is CCN(CCCOCCCN)CC(NCC(CCCOCCCC(C)C)C(=O)O)C(C)C. The van der Waals surface area contributed by atoms with Crippen LogP contribution in [0.25, 0.3) is 0 Å². The first-order valence-corrected chi connectivity index (χ1v) is 12.9. The summed E-state index contributed by atoms with van der Waals surface area (Å²) in [4.78, 5) is 14.2. The van der Waals surface area contributed by atoms with Crippen LogP contribution in [0.4, 0.5) is 0 Å². The summed E-state index contributed by atoms with van der Waals surface area (Å²) in [6, 6.07) is 0.266. The number of carbonyl (C=O) groups is 1. The molecule has 2 unspecified atom stereocenters. The maximum atomic E-state index is 11.7. The van der Waals surface area contributed by atoms with Gasteiger partial charge in [0.1, 0.15) is 0 Å². The molecule has 0 fully saturated rings. The first-order valence-electron chi connectivity index (χ1n) is 12.9. The van der Waals surface area contributed by atoms with E-state index in [4.69, 9.17) is 15.2 Å². The molecule has 0 saturated carbocycles. The number of hydrogen-bond donors (Lipinski definition) is 3. The fourth-order valence-corrected chi connectivity index (χ4v) is 3.58. The molecule has 0 amide bonds. The van der Waals surface area contributed by atoms with E-state index in [2.05, 4.69) is 44.8 Å². The second-order valence-electron chi connectivity index (χ2n) is 9.59. The van der Waals surface area contributed by atoms with Crippen LogP contribution >= 0.6 is 0 Å². The molecular weight excluding hydrogens is 406 g/mol. The first kappa shape index (κ1) is 31.3.